The Morgan fingerprint density at radius 1 is 1.17 bits per heavy atom. The van der Waals surface area contributed by atoms with Gasteiger partial charge in [0.05, 0.1) is 18.2 Å². The highest BCUT2D eigenvalue weighted by Crippen LogP contribution is 2.22. The molecule has 3 heterocycles. The summed E-state index contributed by atoms with van der Waals surface area (Å²) < 4.78 is 0. The minimum atomic E-state index is -0.429. The van der Waals surface area contributed by atoms with Crippen molar-refractivity contribution in [3.63, 3.8) is 0 Å². The fourth-order valence-electron chi connectivity index (χ4n) is 4.61. The van der Waals surface area contributed by atoms with Crippen LogP contribution in [-0.2, 0) is 17.9 Å². The Balaban J connectivity index is 1.33. The Hall–Kier alpha value is -3.30. The van der Waals surface area contributed by atoms with Gasteiger partial charge in [-0.25, -0.2) is 4.98 Å². The molecule has 3 aromatic rings. The number of piperidine rings is 1. The fraction of sp³-hybridized carbons (Fsp3) is 0.407. The number of aromatic amines is 1. The molecule has 2 amide bonds. The normalized spacial score (nSPS) is 16.0. The summed E-state index contributed by atoms with van der Waals surface area (Å²) in [5.74, 6) is -0.229. The number of nitrogens with one attached hydrogen (secondary N) is 2. The van der Waals surface area contributed by atoms with Crippen LogP contribution in [0.1, 0.15) is 47.7 Å². The van der Waals surface area contributed by atoms with Gasteiger partial charge in [-0.1, -0.05) is 30.3 Å². The lowest BCUT2D eigenvalue weighted by atomic mass is 9.96. The molecule has 36 heavy (non-hydrogen) atoms. The van der Waals surface area contributed by atoms with Gasteiger partial charge in [0.15, 0.2) is 0 Å². The van der Waals surface area contributed by atoms with E-state index in [9.17, 15) is 14.4 Å². The molecule has 1 unspecified atom stereocenters. The summed E-state index contributed by atoms with van der Waals surface area (Å²) in [5, 5.41) is 5.53. The molecule has 1 aliphatic rings. The second-order valence-corrected chi connectivity index (χ2v) is 9.93. The maximum Gasteiger partial charge on any atom is 0.261 e. The van der Waals surface area contributed by atoms with Crippen LogP contribution >= 0.6 is 11.3 Å². The van der Waals surface area contributed by atoms with Crippen molar-refractivity contribution in [3.8, 4) is 11.3 Å². The van der Waals surface area contributed by atoms with E-state index < -0.39 is 11.5 Å². The summed E-state index contributed by atoms with van der Waals surface area (Å²) in [6.45, 7) is 7.81. The number of benzene rings is 1. The van der Waals surface area contributed by atoms with Crippen molar-refractivity contribution in [3.05, 3.63) is 74.5 Å². The largest absolute Gasteiger partial charge is 0.345 e. The molecule has 4 rings (SSSR count). The SMILES string of the molecule is CCN(CC)C(=O)C1CCCN(Cc2ccc(C(=O)NCc3nc(-c4ccccc4)cs3)c(=O)[nH]2)C1. The van der Waals surface area contributed by atoms with Gasteiger partial charge in [0.2, 0.25) is 5.91 Å². The number of aromatic nitrogens is 2. The average molecular weight is 508 g/mol. The van der Waals surface area contributed by atoms with Gasteiger partial charge in [-0.3, -0.25) is 19.3 Å². The number of nitrogens with zero attached hydrogens (tertiary/aromatic N) is 3. The van der Waals surface area contributed by atoms with E-state index in [1.165, 1.54) is 11.3 Å². The van der Waals surface area contributed by atoms with Gasteiger partial charge in [-0.2, -0.15) is 0 Å². The van der Waals surface area contributed by atoms with Crippen molar-refractivity contribution >= 4 is 23.2 Å². The summed E-state index contributed by atoms with van der Waals surface area (Å²) in [5.41, 5.74) is 2.29. The zero-order chi connectivity index (χ0) is 25.5. The van der Waals surface area contributed by atoms with Crippen LogP contribution < -0.4 is 10.9 Å². The van der Waals surface area contributed by atoms with Crippen molar-refractivity contribution in [1.82, 2.24) is 25.1 Å². The second-order valence-electron chi connectivity index (χ2n) is 8.99. The Bertz CT molecular complexity index is 1240. The molecule has 0 saturated carbocycles. The summed E-state index contributed by atoms with van der Waals surface area (Å²) >= 11 is 1.47. The van der Waals surface area contributed by atoms with Crippen molar-refractivity contribution in [2.24, 2.45) is 5.92 Å². The van der Waals surface area contributed by atoms with Gasteiger partial charge in [-0.15, -0.1) is 11.3 Å². The molecule has 9 heteroatoms. The molecule has 190 valence electrons. The average Bonchev–Trinajstić information content (AvgIpc) is 3.38. The van der Waals surface area contributed by atoms with Crippen molar-refractivity contribution in [1.29, 1.82) is 0 Å². The number of likely N-dealkylation sites (tertiary alicyclic amines) is 1. The number of thiazole rings is 1. The minimum Gasteiger partial charge on any atom is -0.345 e. The zero-order valence-electron chi connectivity index (χ0n) is 20.8. The van der Waals surface area contributed by atoms with Crippen LogP contribution in [0, 0.1) is 5.92 Å². The maximum atomic E-state index is 12.8. The van der Waals surface area contributed by atoms with Crippen molar-refractivity contribution in [2.45, 2.75) is 39.8 Å². The van der Waals surface area contributed by atoms with E-state index in [0.717, 1.165) is 54.4 Å². The van der Waals surface area contributed by atoms with E-state index in [4.69, 9.17) is 0 Å². The fourth-order valence-corrected chi connectivity index (χ4v) is 5.35. The molecule has 1 aromatic carbocycles. The highest BCUT2D eigenvalue weighted by molar-refractivity contribution is 7.09. The second kappa shape index (κ2) is 12.1. The molecule has 1 atom stereocenters. The molecule has 0 radical (unpaired) electrons. The number of rotatable bonds is 9. The Morgan fingerprint density at radius 3 is 2.67 bits per heavy atom. The van der Waals surface area contributed by atoms with Gasteiger partial charge < -0.3 is 15.2 Å². The molecule has 1 fully saturated rings. The predicted molar refractivity (Wildman–Crippen MR) is 142 cm³/mol. The first-order valence-electron chi connectivity index (χ1n) is 12.5. The van der Waals surface area contributed by atoms with Gasteiger partial charge >= 0.3 is 0 Å². The molecular formula is C27H33N5O3S. The van der Waals surface area contributed by atoms with E-state index >= 15 is 0 Å². The van der Waals surface area contributed by atoms with E-state index in [-0.39, 0.29) is 23.9 Å². The first kappa shape index (κ1) is 25.8. The molecule has 0 bridgehead atoms. The van der Waals surface area contributed by atoms with Crippen LogP contribution in [0.4, 0.5) is 0 Å². The molecule has 0 aliphatic carbocycles. The topological polar surface area (TPSA) is 98.4 Å². The quantitative estimate of drug-likeness (QED) is 0.462. The van der Waals surface area contributed by atoms with Crippen LogP contribution in [0.15, 0.2) is 52.6 Å². The maximum absolute atomic E-state index is 12.8. The van der Waals surface area contributed by atoms with Gasteiger partial charge in [0, 0.05) is 42.8 Å². The van der Waals surface area contributed by atoms with Crippen molar-refractivity contribution < 1.29 is 9.59 Å². The summed E-state index contributed by atoms with van der Waals surface area (Å²) in [7, 11) is 0. The molecule has 1 aliphatic heterocycles. The Kier molecular flexibility index (Phi) is 8.66. The van der Waals surface area contributed by atoms with E-state index in [0.29, 0.717) is 13.1 Å². The number of H-pyrrole nitrogens is 1. The lowest BCUT2D eigenvalue weighted by Gasteiger charge is -2.34. The van der Waals surface area contributed by atoms with Crippen molar-refractivity contribution in [2.75, 3.05) is 26.2 Å². The standard InChI is InChI=1S/C27H33N5O3S/c1-3-32(4-2)27(35)20-11-8-14-31(16-20)17-21-12-13-22(26(34)29-21)25(33)28-15-24-30-23(18-36-24)19-9-6-5-7-10-19/h5-7,9-10,12-13,18,20H,3-4,8,11,14-17H2,1-2H3,(H,28,33)(H,29,34). The molecule has 0 spiro atoms. The third kappa shape index (κ3) is 6.27. The molecular weight excluding hydrogens is 474 g/mol. The summed E-state index contributed by atoms with van der Waals surface area (Å²) in [6.07, 6.45) is 1.85. The number of carbonyl (C=O) groups excluding carboxylic acids is 2. The number of amides is 2. The van der Waals surface area contributed by atoms with Crippen LogP contribution in [0.5, 0.6) is 0 Å². The Labute approximate surface area is 215 Å². The first-order valence-corrected chi connectivity index (χ1v) is 13.4. The number of hydrogen-bond acceptors (Lipinski definition) is 6. The lowest BCUT2D eigenvalue weighted by Crippen LogP contribution is -2.44. The highest BCUT2D eigenvalue weighted by atomic mass is 32.1. The third-order valence-corrected chi connectivity index (χ3v) is 7.41. The first-order chi connectivity index (χ1) is 17.5. The number of pyridine rings is 1. The van der Waals surface area contributed by atoms with Crippen LogP contribution in [0.3, 0.4) is 0 Å². The number of hydrogen-bond donors (Lipinski definition) is 2. The molecule has 2 aromatic heterocycles. The predicted octanol–water partition coefficient (Wildman–Crippen LogP) is 3.51. The molecule has 1 saturated heterocycles. The Morgan fingerprint density at radius 2 is 1.94 bits per heavy atom. The van der Waals surface area contributed by atoms with E-state index in [1.807, 2.05) is 54.5 Å². The number of carbonyl (C=O) groups is 2. The highest BCUT2D eigenvalue weighted by Gasteiger charge is 2.28. The summed E-state index contributed by atoms with van der Waals surface area (Å²) in [6, 6.07) is 13.2. The van der Waals surface area contributed by atoms with Crippen LogP contribution in [-0.4, -0.2) is 57.8 Å². The summed E-state index contributed by atoms with van der Waals surface area (Å²) in [4.78, 5) is 49.6. The monoisotopic (exact) mass is 507 g/mol. The molecule has 8 nitrogen and oxygen atoms in total. The van der Waals surface area contributed by atoms with E-state index in [1.54, 1.807) is 12.1 Å². The van der Waals surface area contributed by atoms with Gasteiger partial charge in [0.25, 0.3) is 11.5 Å². The lowest BCUT2D eigenvalue weighted by molar-refractivity contribution is -0.137. The minimum absolute atomic E-state index is 0.0105. The third-order valence-electron chi connectivity index (χ3n) is 6.56. The van der Waals surface area contributed by atoms with Crippen LogP contribution in [0.25, 0.3) is 11.3 Å². The van der Waals surface area contributed by atoms with E-state index in [2.05, 4.69) is 20.2 Å². The van der Waals surface area contributed by atoms with Gasteiger partial charge in [0.1, 0.15) is 10.6 Å². The smallest absolute Gasteiger partial charge is 0.261 e. The van der Waals surface area contributed by atoms with Gasteiger partial charge in [-0.05, 0) is 45.4 Å². The molecule has 2 N–H and O–H groups in total. The van der Waals surface area contributed by atoms with Crippen LogP contribution in [0.2, 0.25) is 0 Å². The zero-order valence-corrected chi connectivity index (χ0v) is 21.6.